The summed E-state index contributed by atoms with van der Waals surface area (Å²) in [6.45, 7) is 3.73. The monoisotopic (exact) mass is 295 g/mol. The van der Waals surface area contributed by atoms with Gasteiger partial charge in [0.2, 0.25) is 0 Å². The molecule has 94 valence electrons. The predicted molar refractivity (Wildman–Crippen MR) is 70.2 cm³/mol. The maximum absolute atomic E-state index is 10.6. The van der Waals surface area contributed by atoms with E-state index in [4.69, 9.17) is 32.1 Å². The summed E-state index contributed by atoms with van der Waals surface area (Å²) in [6, 6.07) is 4.32. The van der Waals surface area contributed by atoms with Crippen molar-refractivity contribution in [3.8, 4) is 5.75 Å². The van der Waals surface area contributed by atoms with Crippen molar-refractivity contribution in [2.75, 3.05) is 6.61 Å². The molecule has 1 unspecified atom stereocenters. The fourth-order valence-electron chi connectivity index (χ4n) is 1.20. The lowest BCUT2D eigenvalue weighted by Crippen LogP contribution is -1.95. The average Bonchev–Trinajstić information content (AvgIpc) is 2.15. The van der Waals surface area contributed by atoms with Gasteiger partial charge in [-0.25, -0.2) is 0 Å². The van der Waals surface area contributed by atoms with E-state index in [1.54, 1.807) is 13.8 Å². The molecular weight excluding hydrogens is 285 g/mol. The minimum Gasteiger partial charge on any atom is -0.433 e. The van der Waals surface area contributed by atoms with Gasteiger partial charge in [-0.3, -0.25) is 10.1 Å². The highest BCUT2D eigenvalue weighted by atomic mass is 35.7. The Bertz CT molecular complexity index is 482. The van der Waals surface area contributed by atoms with Gasteiger partial charge >= 0.3 is 5.84 Å². The number of halogens is 1. The molecule has 0 N–H and O–H groups in total. The van der Waals surface area contributed by atoms with E-state index < -0.39 is 10.8 Å². The lowest BCUT2D eigenvalue weighted by atomic mass is 10.2. The Kier molecular flexibility index (Phi) is 4.89. The van der Waals surface area contributed by atoms with Crippen LogP contribution in [0.2, 0.25) is 0 Å². The summed E-state index contributed by atoms with van der Waals surface area (Å²) < 4.78 is 10.4. The third-order valence-corrected chi connectivity index (χ3v) is 3.90. The number of hydrogen-bond donors (Lipinski definition) is 0. The van der Waals surface area contributed by atoms with Gasteiger partial charge < -0.3 is 9.05 Å². The van der Waals surface area contributed by atoms with E-state index in [9.17, 15) is 10.1 Å². The van der Waals surface area contributed by atoms with Crippen molar-refractivity contribution in [1.82, 2.24) is 0 Å². The van der Waals surface area contributed by atoms with Crippen LogP contribution in [0.25, 0.3) is 0 Å². The number of rotatable bonds is 5. The first kappa shape index (κ1) is 14.4. The van der Waals surface area contributed by atoms with Gasteiger partial charge in [-0.1, -0.05) is 0 Å². The normalized spacial score (nSPS) is 14.1. The minimum absolute atomic E-state index is 0.0247. The van der Waals surface area contributed by atoms with Crippen LogP contribution < -0.4 is 4.52 Å². The molecule has 0 fully saturated rings. The van der Waals surface area contributed by atoms with Crippen LogP contribution in [0.1, 0.15) is 12.5 Å². The lowest BCUT2D eigenvalue weighted by molar-refractivity contribution is -0.385. The third kappa shape index (κ3) is 4.24. The maximum Gasteiger partial charge on any atom is 0.332 e. The largest absolute Gasteiger partial charge is 0.433 e. The highest BCUT2D eigenvalue weighted by Crippen LogP contribution is 2.53. The van der Waals surface area contributed by atoms with Gasteiger partial charge in [0.05, 0.1) is 11.5 Å². The van der Waals surface area contributed by atoms with Gasteiger partial charge in [0.1, 0.15) is 5.75 Å². The molecule has 0 saturated heterocycles. The number of aryl methyl sites for hydroxylation is 1. The topological polar surface area (TPSA) is 61.6 Å². The zero-order valence-electron chi connectivity index (χ0n) is 9.25. The van der Waals surface area contributed by atoms with E-state index in [2.05, 4.69) is 0 Å². The Labute approximate surface area is 109 Å². The minimum atomic E-state index is -2.84. The molecule has 1 rings (SSSR count). The van der Waals surface area contributed by atoms with Gasteiger partial charge in [0.15, 0.2) is 0 Å². The molecule has 8 heteroatoms. The SMILES string of the molecule is CCOP(=S)(Cl)Oc1ccc([N+](=O)[O-])c(C)c1. The van der Waals surface area contributed by atoms with Crippen molar-refractivity contribution in [3.05, 3.63) is 33.9 Å². The van der Waals surface area contributed by atoms with Crippen LogP contribution in [0.4, 0.5) is 5.69 Å². The Morgan fingerprint density at radius 2 is 2.24 bits per heavy atom. The molecule has 0 aromatic heterocycles. The Balaban J connectivity index is 2.92. The molecule has 0 aliphatic carbocycles. The Morgan fingerprint density at radius 1 is 1.59 bits per heavy atom. The van der Waals surface area contributed by atoms with Crippen LogP contribution in [-0.4, -0.2) is 11.5 Å². The summed E-state index contributed by atoms with van der Waals surface area (Å²) in [7, 11) is 0. The summed E-state index contributed by atoms with van der Waals surface area (Å²) >= 11 is 10.8. The third-order valence-electron chi connectivity index (χ3n) is 1.86. The van der Waals surface area contributed by atoms with Crippen LogP contribution in [0.5, 0.6) is 5.75 Å². The van der Waals surface area contributed by atoms with Crippen LogP contribution in [-0.2, 0) is 16.3 Å². The fourth-order valence-corrected chi connectivity index (χ4v) is 3.03. The number of benzene rings is 1. The van der Waals surface area contributed by atoms with Gasteiger partial charge in [-0.05, 0) is 49.0 Å². The van der Waals surface area contributed by atoms with Crippen molar-refractivity contribution in [1.29, 1.82) is 0 Å². The number of hydrogen-bond acceptors (Lipinski definition) is 5. The molecule has 1 atom stereocenters. The molecule has 1 aromatic carbocycles. The molecule has 0 saturated carbocycles. The fraction of sp³-hybridized carbons (Fsp3) is 0.333. The molecule has 0 aliphatic rings. The first-order valence-corrected chi connectivity index (χ1v) is 8.29. The second-order valence-electron chi connectivity index (χ2n) is 3.15. The van der Waals surface area contributed by atoms with E-state index >= 15 is 0 Å². The molecule has 0 spiro atoms. The van der Waals surface area contributed by atoms with Gasteiger partial charge in [-0.15, -0.1) is 0 Å². The zero-order chi connectivity index (χ0) is 13.1. The van der Waals surface area contributed by atoms with Crippen LogP contribution >= 0.6 is 17.1 Å². The molecule has 0 amide bonds. The molecular formula is C9H11ClNO4PS. The zero-order valence-corrected chi connectivity index (χ0v) is 11.7. The second-order valence-corrected chi connectivity index (χ2v) is 7.83. The average molecular weight is 296 g/mol. The van der Waals surface area contributed by atoms with E-state index in [0.29, 0.717) is 17.9 Å². The van der Waals surface area contributed by atoms with Crippen LogP contribution in [0, 0.1) is 17.0 Å². The molecule has 17 heavy (non-hydrogen) atoms. The smallest absolute Gasteiger partial charge is 0.332 e. The van der Waals surface area contributed by atoms with Crippen LogP contribution in [0.3, 0.4) is 0 Å². The number of nitrogens with zero attached hydrogens (tertiary/aromatic N) is 1. The summed E-state index contributed by atoms with van der Waals surface area (Å²) in [6.07, 6.45) is 0. The maximum atomic E-state index is 10.6. The van der Waals surface area contributed by atoms with Crippen molar-refractivity contribution < 1.29 is 14.0 Å². The summed E-state index contributed by atoms with van der Waals surface area (Å²) in [4.78, 5) is 10.2. The molecule has 0 aliphatic heterocycles. The standard InChI is InChI=1S/C9H11ClNO4PS/c1-3-14-16(10,17)15-8-4-5-9(11(12)13)7(2)6-8/h4-6H,3H2,1-2H3. The first-order valence-electron chi connectivity index (χ1n) is 4.74. The summed E-state index contributed by atoms with van der Waals surface area (Å²) in [5.41, 5.74) is 0.507. The highest BCUT2D eigenvalue weighted by molar-refractivity contribution is 8.22. The van der Waals surface area contributed by atoms with E-state index in [0.717, 1.165) is 0 Å². The van der Waals surface area contributed by atoms with E-state index in [-0.39, 0.29) is 5.69 Å². The van der Waals surface area contributed by atoms with E-state index in [1.807, 2.05) is 0 Å². The second kappa shape index (κ2) is 5.78. The highest BCUT2D eigenvalue weighted by Gasteiger charge is 2.18. The van der Waals surface area contributed by atoms with Crippen molar-refractivity contribution in [2.45, 2.75) is 13.8 Å². The lowest BCUT2D eigenvalue weighted by Gasteiger charge is -2.15. The van der Waals surface area contributed by atoms with Crippen molar-refractivity contribution in [3.63, 3.8) is 0 Å². The Hall–Kier alpha value is -0.680. The van der Waals surface area contributed by atoms with Crippen molar-refractivity contribution >= 4 is 34.6 Å². The van der Waals surface area contributed by atoms with Gasteiger partial charge in [-0.2, -0.15) is 0 Å². The van der Waals surface area contributed by atoms with Crippen molar-refractivity contribution in [2.24, 2.45) is 0 Å². The molecule has 0 heterocycles. The molecule has 0 radical (unpaired) electrons. The quantitative estimate of drug-likeness (QED) is 0.470. The molecule has 1 aromatic rings. The van der Waals surface area contributed by atoms with Crippen LogP contribution in [0.15, 0.2) is 18.2 Å². The van der Waals surface area contributed by atoms with E-state index in [1.165, 1.54) is 18.2 Å². The summed E-state index contributed by atoms with van der Waals surface area (Å²) in [5, 5.41) is 10.6. The first-order chi connectivity index (χ1) is 7.85. The Morgan fingerprint density at radius 3 is 2.71 bits per heavy atom. The number of nitro groups is 1. The van der Waals surface area contributed by atoms with Gasteiger partial charge in [0, 0.05) is 11.6 Å². The molecule has 0 bridgehead atoms. The summed E-state index contributed by atoms with van der Waals surface area (Å²) in [5.74, 6) is -2.46. The number of nitro benzene ring substituents is 1. The predicted octanol–water partition coefficient (Wildman–Crippen LogP) is 3.78. The van der Waals surface area contributed by atoms with Gasteiger partial charge in [0.25, 0.3) is 5.69 Å². The molecule has 5 nitrogen and oxygen atoms in total.